The lowest BCUT2D eigenvalue weighted by molar-refractivity contribution is 0.0703. The van der Waals surface area contributed by atoms with Crippen molar-refractivity contribution >= 4 is 22.0 Å². The van der Waals surface area contributed by atoms with Crippen LogP contribution in [-0.2, 0) is 10.3 Å². The van der Waals surface area contributed by atoms with Gasteiger partial charge in [0, 0.05) is 0 Å². The molecule has 1 unspecified atom stereocenters. The van der Waals surface area contributed by atoms with Crippen LogP contribution in [0.1, 0.15) is 12.5 Å². The predicted molar refractivity (Wildman–Crippen MR) is 62.5 cm³/mol. The second-order valence-electron chi connectivity index (χ2n) is 3.82. The first-order valence-corrected chi connectivity index (χ1v) is 5.65. The lowest BCUT2D eigenvalue weighted by Crippen LogP contribution is -2.26. The summed E-state index contributed by atoms with van der Waals surface area (Å²) in [7, 11) is 1.61. The molecule has 16 heavy (non-hydrogen) atoms. The number of alkyl carbamates (subject to hydrolysis) is 1. The molecule has 2 rings (SSSR count). The Kier molecular flexibility index (Phi) is 2.80. The van der Waals surface area contributed by atoms with Gasteiger partial charge >= 0.3 is 6.09 Å². The molecule has 0 aliphatic carbocycles. The van der Waals surface area contributed by atoms with Gasteiger partial charge in [0.1, 0.15) is 5.75 Å². The van der Waals surface area contributed by atoms with Crippen molar-refractivity contribution in [1.82, 2.24) is 5.32 Å². The van der Waals surface area contributed by atoms with Crippen LogP contribution >= 0.6 is 15.9 Å². The quantitative estimate of drug-likeness (QED) is 0.908. The molecule has 1 fully saturated rings. The first kappa shape index (κ1) is 11.3. The molecule has 1 aliphatic rings. The van der Waals surface area contributed by atoms with Crippen LogP contribution < -0.4 is 10.1 Å². The molecule has 0 bridgehead atoms. The average Bonchev–Trinajstić information content (AvgIpc) is 2.60. The molecule has 0 aromatic heterocycles. The fraction of sp³-hybridized carbons (Fsp3) is 0.364. The van der Waals surface area contributed by atoms with Crippen LogP contribution in [0.25, 0.3) is 0 Å². The van der Waals surface area contributed by atoms with Crippen LogP contribution in [0.15, 0.2) is 22.7 Å². The zero-order valence-corrected chi connectivity index (χ0v) is 10.6. The highest BCUT2D eigenvalue weighted by Gasteiger charge is 2.37. The third kappa shape index (κ3) is 1.87. The fourth-order valence-electron chi connectivity index (χ4n) is 1.67. The summed E-state index contributed by atoms with van der Waals surface area (Å²) in [5.41, 5.74) is 0.324. The average molecular weight is 286 g/mol. The van der Waals surface area contributed by atoms with Crippen molar-refractivity contribution in [2.75, 3.05) is 13.7 Å². The van der Waals surface area contributed by atoms with E-state index in [1.54, 1.807) is 7.11 Å². The zero-order valence-electron chi connectivity index (χ0n) is 9.04. The molecular formula is C11H12BrNO3. The highest BCUT2D eigenvalue weighted by molar-refractivity contribution is 9.10. The normalized spacial score (nSPS) is 23.8. The van der Waals surface area contributed by atoms with E-state index in [4.69, 9.17) is 9.47 Å². The monoisotopic (exact) mass is 285 g/mol. The highest BCUT2D eigenvalue weighted by atomic mass is 79.9. The Morgan fingerprint density at radius 2 is 2.31 bits per heavy atom. The fourth-order valence-corrected chi connectivity index (χ4v) is 2.21. The van der Waals surface area contributed by atoms with Crippen LogP contribution in [-0.4, -0.2) is 19.7 Å². The molecule has 1 atom stereocenters. The van der Waals surface area contributed by atoms with E-state index in [1.165, 1.54) is 0 Å². The van der Waals surface area contributed by atoms with Crippen molar-refractivity contribution in [3.63, 3.8) is 0 Å². The Morgan fingerprint density at radius 1 is 1.56 bits per heavy atom. The topological polar surface area (TPSA) is 47.6 Å². The number of benzene rings is 1. The first-order chi connectivity index (χ1) is 7.55. The SMILES string of the molecule is COc1ccc(C2(C)CNC(=O)O2)cc1Br. The molecule has 0 radical (unpaired) electrons. The molecular weight excluding hydrogens is 274 g/mol. The van der Waals surface area contributed by atoms with Gasteiger partial charge in [0.2, 0.25) is 0 Å². The number of methoxy groups -OCH3 is 1. The van der Waals surface area contributed by atoms with Gasteiger partial charge in [-0.25, -0.2) is 4.79 Å². The lowest BCUT2D eigenvalue weighted by Gasteiger charge is -2.22. The van der Waals surface area contributed by atoms with Crippen molar-refractivity contribution in [2.24, 2.45) is 0 Å². The molecule has 1 saturated heterocycles. The Bertz CT molecular complexity index is 435. The largest absolute Gasteiger partial charge is 0.496 e. The van der Waals surface area contributed by atoms with Gasteiger partial charge in [-0.05, 0) is 40.5 Å². The summed E-state index contributed by atoms with van der Waals surface area (Å²) in [5, 5.41) is 2.65. The third-order valence-electron chi connectivity index (χ3n) is 2.65. The van der Waals surface area contributed by atoms with Crippen molar-refractivity contribution in [3.8, 4) is 5.75 Å². The summed E-state index contributed by atoms with van der Waals surface area (Å²) >= 11 is 3.41. The van der Waals surface area contributed by atoms with Crippen LogP contribution in [0, 0.1) is 0 Å². The van der Waals surface area contributed by atoms with Crippen molar-refractivity contribution in [1.29, 1.82) is 0 Å². The van der Waals surface area contributed by atoms with E-state index in [9.17, 15) is 4.79 Å². The van der Waals surface area contributed by atoms with E-state index in [2.05, 4.69) is 21.2 Å². The number of rotatable bonds is 2. The standard InChI is InChI=1S/C11H12BrNO3/c1-11(6-13-10(14)16-11)7-3-4-9(15-2)8(12)5-7/h3-5H,6H2,1-2H3,(H,13,14). The second-order valence-corrected chi connectivity index (χ2v) is 4.68. The zero-order chi connectivity index (χ0) is 11.8. The molecule has 1 aromatic carbocycles. The van der Waals surface area contributed by atoms with Crippen LogP contribution in [0.4, 0.5) is 4.79 Å². The summed E-state index contributed by atoms with van der Waals surface area (Å²) in [6.45, 7) is 2.35. The summed E-state index contributed by atoms with van der Waals surface area (Å²) in [4.78, 5) is 11.1. The highest BCUT2D eigenvalue weighted by Crippen LogP contribution is 2.33. The predicted octanol–water partition coefficient (Wildman–Crippen LogP) is 2.41. The number of nitrogens with one attached hydrogen (secondary N) is 1. The van der Waals surface area contributed by atoms with E-state index in [0.29, 0.717) is 6.54 Å². The molecule has 1 heterocycles. The molecule has 0 spiro atoms. The second kappa shape index (κ2) is 3.97. The van der Waals surface area contributed by atoms with Crippen LogP contribution in [0.2, 0.25) is 0 Å². The van der Waals surface area contributed by atoms with Gasteiger partial charge in [-0.2, -0.15) is 0 Å². The lowest BCUT2D eigenvalue weighted by atomic mass is 9.96. The van der Waals surface area contributed by atoms with E-state index >= 15 is 0 Å². The van der Waals surface area contributed by atoms with Gasteiger partial charge in [0.15, 0.2) is 5.60 Å². The van der Waals surface area contributed by atoms with Gasteiger partial charge < -0.3 is 14.8 Å². The summed E-state index contributed by atoms with van der Waals surface area (Å²) in [5.74, 6) is 0.754. The van der Waals surface area contributed by atoms with Gasteiger partial charge in [-0.1, -0.05) is 6.07 Å². The molecule has 1 aliphatic heterocycles. The number of hydrogen-bond acceptors (Lipinski definition) is 3. The number of carbonyl (C=O) groups excluding carboxylic acids is 1. The molecule has 1 aromatic rings. The Balaban J connectivity index is 2.34. The van der Waals surface area contributed by atoms with Crippen molar-refractivity contribution < 1.29 is 14.3 Å². The minimum Gasteiger partial charge on any atom is -0.496 e. The van der Waals surface area contributed by atoms with Gasteiger partial charge in [0.05, 0.1) is 18.1 Å². The number of carbonyl (C=O) groups is 1. The smallest absolute Gasteiger partial charge is 0.408 e. The first-order valence-electron chi connectivity index (χ1n) is 4.86. The summed E-state index contributed by atoms with van der Waals surface area (Å²) in [6, 6.07) is 5.64. The number of ether oxygens (including phenoxy) is 2. The molecule has 5 heteroatoms. The summed E-state index contributed by atoms with van der Waals surface area (Å²) in [6.07, 6.45) is -0.380. The number of amides is 1. The third-order valence-corrected chi connectivity index (χ3v) is 3.27. The molecule has 1 N–H and O–H groups in total. The number of hydrogen-bond donors (Lipinski definition) is 1. The van der Waals surface area contributed by atoms with E-state index in [1.807, 2.05) is 25.1 Å². The number of cyclic esters (lactones) is 1. The van der Waals surface area contributed by atoms with Crippen LogP contribution in [0.3, 0.4) is 0 Å². The minimum atomic E-state index is -0.605. The van der Waals surface area contributed by atoms with Gasteiger partial charge in [-0.15, -0.1) is 0 Å². The molecule has 0 saturated carbocycles. The van der Waals surface area contributed by atoms with Crippen LogP contribution in [0.5, 0.6) is 5.75 Å². The molecule has 1 amide bonds. The Labute approximate surface area is 102 Å². The Hall–Kier alpha value is -1.23. The molecule has 4 nitrogen and oxygen atoms in total. The van der Waals surface area contributed by atoms with Crippen molar-refractivity contribution in [2.45, 2.75) is 12.5 Å². The van der Waals surface area contributed by atoms with E-state index < -0.39 is 5.60 Å². The number of halogens is 1. The maximum absolute atomic E-state index is 11.1. The maximum Gasteiger partial charge on any atom is 0.408 e. The molecule has 86 valence electrons. The van der Waals surface area contributed by atoms with Crippen molar-refractivity contribution in [3.05, 3.63) is 28.2 Å². The minimum absolute atomic E-state index is 0.380. The van der Waals surface area contributed by atoms with E-state index in [-0.39, 0.29) is 6.09 Å². The van der Waals surface area contributed by atoms with Gasteiger partial charge in [0.25, 0.3) is 0 Å². The Morgan fingerprint density at radius 3 is 2.81 bits per heavy atom. The van der Waals surface area contributed by atoms with Gasteiger partial charge in [-0.3, -0.25) is 0 Å². The summed E-state index contributed by atoms with van der Waals surface area (Å²) < 4.78 is 11.2. The van der Waals surface area contributed by atoms with E-state index in [0.717, 1.165) is 15.8 Å². The maximum atomic E-state index is 11.1.